The molecule has 4 rings (SSSR count). The number of para-hydroxylation sites is 1. The van der Waals surface area contributed by atoms with E-state index in [1.165, 1.54) is 12.1 Å². The minimum absolute atomic E-state index is 0.0142. The van der Waals surface area contributed by atoms with Crippen molar-refractivity contribution in [2.75, 3.05) is 13.1 Å². The van der Waals surface area contributed by atoms with Crippen LogP contribution in [0.25, 0.3) is 0 Å². The third kappa shape index (κ3) is 4.78. The number of hydrogen-bond donors (Lipinski definition) is 1. The van der Waals surface area contributed by atoms with E-state index in [9.17, 15) is 9.18 Å². The van der Waals surface area contributed by atoms with Gasteiger partial charge in [0.1, 0.15) is 17.2 Å². The van der Waals surface area contributed by atoms with E-state index in [1.807, 2.05) is 36.4 Å². The van der Waals surface area contributed by atoms with E-state index in [2.05, 4.69) is 24.1 Å². The van der Waals surface area contributed by atoms with Crippen LogP contribution in [0.2, 0.25) is 0 Å². The van der Waals surface area contributed by atoms with Crippen molar-refractivity contribution in [2.45, 2.75) is 51.3 Å². The fourth-order valence-electron chi connectivity index (χ4n) is 4.42. The number of benzene rings is 2. The van der Waals surface area contributed by atoms with Crippen LogP contribution in [-0.2, 0) is 11.3 Å². The Balaban J connectivity index is 1.34. The molecule has 1 saturated heterocycles. The van der Waals surface area contributed by atoms with Crippen LogP contribution in [0.4, 0.5) is 4.39 Å². The molecule has 2 aromatic carbocycles. The first-order valence-corrected chi connectivity index (χ1v) is 10.4. The summed E-state index contributed by atoms with van der Waals surface area (Å²) < 4.78 is 19.1. The van der Waals surface area contributed by atoms with Gasteiger partial charge in [-0.15, -0.1) is 0 Å². The average molecular weight is 397 g/mol. The van der Waals surface area contributed by atoms with Crippen molar-refractivity contribution in [1.82, 2.24) is 10.2 Å². The maximum atomic E-state index is 13.1. The summed E-state index contributed by atoms with van der Waals surface area (Å²) in [6.07, 6.45) is 2.46. The lowest BCUT2D eigenvalue weighted by molar-refractivity contribution is -0.127. The van der Waals surface area contributed by atoms with E-state index in [0.29, 0.717) is 0 Å². The Kier molecular flexibility index (Phi) is 5.59. The number of likely N-dealkylation sites (tertiary alicyclic amines) is 1. The minimum atomic E-state index is -0.301. The van der Waals surface area contributed by atoms with Gasteiger partial charge in [0.2, 0.25) is 5.91 Å². The number of hydrogen-bond acceptors (Lipinski definition) is 3. The van der Waals surface area contributed by atoms with Gasteiger partial charge in [0.15, 0.2) is 0 Å². The SMILES string of the molecule is CC1(C)CC(NC(=O)C2CCN(Cc3ccc(F)cc3)CC2)c2ccccc2O1. The number of amides is 1. The fraction of sp³-hybridized carbons (Fsp3) is 0.458. The normalized spacial score (nSPS) is 21.8. The topological polar surface area (TPSA) is 41.6 Å². The lowest BCUT2D eigenvalue weighted by Gasteiger charge is -2.39. The first kappa shape index (κ1) is 19.9. The molecule has 1 amide bonds. The molecule has 0 bridgehead atoms. The summed E-state index contributed by atoms with van der Waals surface area (Å²) in [5, 5.41) is 3.29. The maximum Gasteiger partial charge on any atom is 0.223 e. The lowest BCUT2D eigenvalue weighted by atomic mass is 9.88. The molecule has 2 aliphatic heterocycles. The summed E-state index contributed by atoms with van der Waals surface area (Å²) in [6.45, 7) is 6.69. The summed E-state index contributed by atoms with van der Waals surface area (Å²) >= 11 is 0. The van der Waals surface area contributed by atoms with Gasteiger partial charge in [-0.1, -0.05) is 30.3 Å². The Morgan fingerprint density at radius 2 is 1.83 bits per heavy atom. The van der Waals surface area contributed by atoms with Crippen LogP contribution < -0.4 is 10.1 Å². The van der Waals surface area contributed by atoms with Gasteiger partial charge in [-0.3, -0.25) is 9.69 Å². The maximum absolute atomic E-state index is 13.1. The third-order valence-corrected chi connectivity index (χ3v) is 5.97. The predicted octanol–water partition coefficient (Wildman–Crippen LogP) is 4.46. The van der Waals surface area contributed by atoms with E-state index in [1.54, 1.807) is 0 Å². The van der Waals surface area contributed by atoms with Crippen LogP contribution in [0.1, 0.15) is 50.3 Å². The van der Waals surface area contributed by atoms with Crippen LogP contribution in [0, 0.1) is 11.7 Å². The zero-order valence-corrected chi connectivity index (χ0v) is 17.2. The molecule has 4 nitrogen and oxygen atoms in total. The molecule has 2 aromatic rings. The number of piperidine rings is 1. The standard InChI is InChI=1S/C24H29FN2O2/c1-24(2)15-21(20-5-3-4-6-22(20)29-24)26-23(28)18-11-13-27(14-12-18)16-17-7-9-19(25)10-8-17/h3-10,18,21H,11-16H2,1-2H3,(H,26,28). The molecule has 29 heavy (non-hydrogen) atoms. The molecule has 2 aliphatic rings. The second kappa shape index (κ2) is 8.15. The summed E-state index contributed by atoms with van der Waals surface area (Å²) in [6, 6.07) is 14.6. The quantitative estimate of drug-likeness (QED) is 0.830. The van der Waals surface area contributed by atoms with Crippen LogP contribution in [0.3, 0.4) is 0 Å². The van der Waals surface area contributed by atoms with Gasteiger partial charge in [-0.2, -0.15) is 0 Å². The fourth-order valence-corrected chi connectivity index (χ4v) is 4.42. The van der Waals surface area contributed by atoms with Gasteiger partial charge < -0.3 is 10.1 Å². The zero-order valence-electron chi connectivity index (χ0n) is 17.2. The van der Waals surface area contributed by atoms with E-state index >= 15 is 0 Å². The van der Waals surface area contributed by atoms with Crippen LogP contribution in [-0.4, -0.2) is 29.5 Å². The highest BCUT2D eigenvalue weighted by atomic mass is 19.1. The van der Waals surface area contributed by atoms with Crippen molar-refractivity contribution in [2.24, 2.45) is 5.92 Å². The van der Waals surface area contributed by atoms with E-state index in [0.717, 1.165) is 55.8 Å². The summed E-state index contributed by atoms with van der Waals surface area (Å²) in [4.78, 5) is 15.3. The molecular formula is C24H29FN2O2. The number of carbonyl (C=O) groups excluding carboxylic acids is 1. The molecular weight excluding hydrogens is 367 g/mol. The van der Waals surface area contributed by atoms with Gasteiger partial charge in [-0.25, -0.2) is 4.39 Å². The minimum Gasteiger partial charge on any atom is -0.487 e. The molecule has 0 spiro atoms. The molecule has 1 unspecified atom stereocenters. The van der Waals surface area contributed by atoms with Gasteiger partial charge in [0, 0.05) is 24.4 Å². The van der Waals surface area contributed by atoms with Crippen molar-refractivity contribution in [3.63, 3.8) is 0 Å². The van der Waals surface area contributed by atoms with Gasteiger partial charge in [-0.05, 0) is 63.5 Å². The largest absolute Gasteiger partial charge is 0.487 e. The second-order valence-corrected chi connectivity index (χ2v) is 8.84. The second-order valence-electron chi connectivity index (χ2n) is 8.84. The van der Waals surface area contributed by atoms with Crippen molar-refractivity contribution in [3.8, 4) is 5.75 Å². The van der Waals surface area contributed by atoms with E-state index < -0.39 is 0 Å². The molecule has 1 atom stereocenters. The number of nitrogens with one attached hydrogen (secondary N) is 1. The zero-order chi connectivity index (χ0) is 20.4. The number of ether oxygens (including phenoxy) is 1. The van der Waals surface area contributed by atoms with Crippen LogP contribution in [0.5, 0.6) is 5.75 Å². The van der Waals surface area contributed by atoms with Gasteiger partial charge in [0.25, 0.3) is 0 Å². The number of halogens is 1. The molecule has 154 valence electrons. The molecule has 1 fully saturated rings. The molecule has 1 N–H and O–H groups in total. The Labute approximate surface area is 172 Å². The van der Waals surface area contributed by atoms with Crippen molar-refractivity contribution in [1.29, 1.82) is 0 Å². The van der Waals surface area contributed by atoms with Crippen LogP contribution in [0.15, 0.2) is 48.5 Å². The highest BCUT2D eigenvalue weighted by molar-refractivity contribution is 5.79. The van der Waals surface area contributed by atoms with Crippen molar-refractivity contribution < 1.29 is 13.9 Å². The number of fused-ring (bicyclic) bond motifs is 1. The van der Waals surface area contributed by atoms with E-state index in [-0.39, 0.29) is 29.3 Å². The Morgan fingerprint density at radius 1 is 1.14 bits per heavy atom. The van der Waals surface area contributed by atoms with E-state index in [4.69, 9.17) is 4.74 Å². The average Bonchev–Trinajstić information content (AvgIpc) is 2.69. The number of nitrogens with zero attached hydrogens (tertiary/aromatic N) is 1. The first-order valence-electron chi connectivity index (χ1n) is 10.4. The Hall–Kier alpha value is -2.40. The summed E-state index contributed by atoms with van der Waals surface area (Å²) in [5.74, 6) is 0.840. The lowest BCUT2D eigenvalue weighted by Crippen LogP contribution is -2.45. The van der Waals surface area contributed by atoms with Crippen molar-refractivity contribution in [3.05, 3.63) is 65.5 Å². The third-order valence-electron chi connectivity index (χ3n) is 5.97. The first-order chi connectivity index (χ1) is 13.9. The molecule has 0 radical (unpaired) electrons. The van der Waals surface area contributed by atoms with Crippen molar-refractivity contribution >= 4 is 5.91 Å². The molecule has 0 saturated carbocycles. The smallest absolute Gasteiger partial charge is 0.223 e. The number of rotatable bonds is 4. The Morgan fingerprint density at radius 3 is 2.55 bits per heavy atom. The molecule has 0 aromatic heterocycles. The summed E-state index contributed by atoms with van der Waals surface area (Å²) in [7, 11) is 0. The highest BCUT2D eigenvalue weighted by Gasteiger charge is 2.35. The molecule has 5 heteroatoms. The van der Waals surface area contributed by atoms with Gasteiger partial charge in [0.05, 0.1) is 6.04 Å². The number of carbonyl (C=O) groups is 1. The molecule has 0 aliphatic carbocycles. The van der Waals surface area contributed by atoms with Crippen LogP contribution >= 0.6 is 0 Å². The Bertz CT molecular complexity index is 857. The summed E-state index contributed by atoms with van der Waals surface area (Å²) in [5.41, 5.74) is 1.87. The highest BCUT2D eigenvalue weighted by Crippen LogP contribution is 2.39. The van der Waals surface area contributed by atoms with Gasteiger partial charge >= 0.3 is 0 Å². The predicted molar refractivity (Wildman–Crippen MR) is 111 cm³/mol. The monoisotopic (exact) mass is 396 g/mol. The molecule has 2 heterocycles.